The molecule has 0 unspecified atom stereocenters. The van der Waals surface area contributed by atoms with Crippen molar-refractivity contribution in [1.29, 1.82) is 0 Å². The molecule has 3 nitrogen and oxygen atoms in total. The second-order valence-corrected chi connectivity index (χ2v) is 2.94. The Morgan fingerprint density at radius 2 is 2.07 bits per heavy atom. The first-order chi connectivity index (χ1) is 6.63. The van der Waals surface area contributed by atoms with Crippen LogP contribution in [0.2, 0.25) is 0 Å². The van der Waals surface area contributed by atoms with Gasteiger partial charge in [-0.3, -0.25) is 4.79 Å². The van der Waals surface area contributed by atoms with E-state index in [0.717, 1.165) is 5.56 Å². The monoisotopic (exact) mass is 197 g/mol. The molecule has 1 aromatic carbocycles. The molecule has 2 N–H and O–H groups in total. The highest BCUT2D eigenvalue weighted by molar-refractivity contribution is 5.70. The first-order valence-electron chi connectivity index (χ1n) is 4.21. The van der Waals surface area contributed by atoms with Crippen LogP contribution in [0.15, 0.2) is 24.3 Å². The number of carbonyl (C=O) groups excluding carboxylic acids is 1. The first kappa shape index (κ1) is 10.7. The van der Waals surface area contributed by atoms with Crippen LogP contribution >= 0.6 is 0 Å². The van der Waals surface area contributed by atoms with Crippen molar-refractivity contribution in [3.05, 3.63) is 35.6 Å². The lowest BCUT2D eigenvalue weighted by molar-refractivity contribution is -0.141. The quantitative estimate of drug-likeness (QED) is 0.745. The zero-order valence-electron chi connectivity index (χ0n) is 7.87. The third-order valence-corrected chi connectivity index (χ3v) is 1.91. The lowest BCUT2D eigenvalue weighted by Gasteiger charge is -2.09. The van der Waals surface area contributed by atoms with Gasteiger partial charge >= 0.3 is 5.97 Å². The Morgan fingerprint density at radius 3 is 2.57 bits per heavy atom. The van der Waals surface area contributed by atoms with Crippen LogP contribution in [0.3, 0.4) is 0 Å². The van der Waals surface area contributed by atoms with Gasteiger partial charge in [-0.05, 0) is 17.7 Å². The summed E-state index contributed by atoms with van der Waals surface area (Å²) in [5.74, 6) is -0.694. The van der Waals surface area contributed by atoms with Gasteiger partial charge in [0.25, 0.3) is 0 Å². The maximum Gasteiger partial charge on any atom is 0.307 e. The van der Waals surface area contributed by atoms with Crippen LogP contribution in [-0.2, 0) is 9.53 Å². The molecule has 76 valence electrons. The maximum atomic E-state index is 12.5. The Kier molecular flexibility index (Phi) is 3.59. The van der Waals surface area contributed by atoms with E-state index in [-0.39, 0.29) is 18.2 Å². The molecule has 0 aliphatic heterocycles. The minimum atomic E-state index is -0.442. The largest absolute Gasteiger partial charge is 0.469 e. The van der Waals surface area contributed by atoms with E-state index in [1.54, 1.807) is 12.1 Å². The SMILES string of the molecule is COC(=O)C[C@H](N)c1ccc(F)cc1. The third-order valence-electron chi connectivity index (χ3n) is 1.91. The number of benzene rings is 1. The summed E-state index contributed by atoms with van der Waals surface area (Å²) in [4.78, 5) is 10.9. The smallest absolute Gasteiger partial charge is 0.307 e. The van der Waals surface area contributed by atoms with Gasteiger partial charge in [-0.15, -0.1) is 0 Å². The van der Waals surface area contributed by atoms with E-state index >= 15 is 0 Å². The van der Waals surface area contributed by atoms with Gasteiger partial charge in [-0.1, -0.05) is 12.1 Å². The normalized spacial score (nSPS) is 12.2. The summed E-state index contributed by atoms with van der Waals surface area (Å²) >= 11 is 0. The predicted molar refractivity (Wildman–Crippen MR) is 50.0 cm³/mol. The first-order valence-corrected chi connectivity index (χ1v) is 4.21. The van der Waals surface area contributed by atoms with Crippen LogP contribution in [0.25, 0.3) is 0 Å². The molecule has 0 spiro atoms. The molecule has 0 saturated heterocycles. The number of methoxy groups -OCH3 is 1. The van der Waals surface area contributed by atoms with Gasteiger partial charge in [0, 0.05) is 6.04 Å². The molecule has 0 aromatic heterocycles. The fraction of sp³-hybridized carbons (Fsp3) is 0.300. The molecule has 0 amide bonds. The van der Waals surface area contributed by atoms with E-state index in [2.05, 4.69) is 4.74 Å². The van der Waals surface area contributed by atoms with Crippen molar-refractivity contribution in [2.45, 2.75) is 12.5 Å². The second kappa shape index (κ2) is 4.72. The lowest BCUT2D eigenvalue weighted by Crippen LogP contribution is -2.16. The van der Waals surface area contributed by atoms with Gasteiger partial charge in [-0.25, -0.2) is 4.39 Å². The Hall–Kier alpha value is -1.42. The number of ether oxygens (including phenoxy) is 1. The summed E-state index contributed by atoms with van der Waals surface area (Å²) in [5, 5.41) is 0. The average Bonchev–Trinajstić information content (AvgIpc) is 2.18. The molecule has 0 aliphatic rings. The molecular weight excluding hydrogens is 185 g/mol. The molecule has 1 atom stereocenters. The number of carbonyl (C=O) groups is 1. The molecule has 0 aliphatic carbocycles. The van der Waals surface area contributed by atoms with E-state index in [1.165, 1.54) is 19.2 Å². The molecule has 0 heterocycles. The summed E-state index contributed by atoms with van der Waals surface area (Å²) in [5.41, 5.74) is 6.42. The van der Waals surface area contributed by atoms with Gasteiger partial charge < -0.3 is 10.5 Å². The number of esters is 1. The molecule has 4 heteroatoms. The topological polar surface area (TPSA) is 52.3 Å². The fourth-order valence-electron chi connectivity index (χ4n) is 1.09. The highest BCUT2D eigenvalue weighted by atomic mass is 19.1. The minimum absolute atomic E-state index is 0.0993. The van der Waals surface area contributed by atoms with Crippen molar-refractivity contribution in [2.75, 3.05) is 7.11 Å². The zero-order chi connectivity index (χ0) is 10.6. The van der Waals surface area contributed by atoms with Gasteiger partial charge in [0.05, 0.1) is 13.5 Å². The Bertz CT molecular complexity index is 310. The van der Waals surface area contributed by atoms with Gasteiger partial charge in [-0.2, -0.15) is 0 Å². The molecular formula is C10H12FNO2. The van der Waals surface area contributed by atoms with E-state index < -0.39 is 6.04 Å². The maximum absolute atomic E-state index is 12.5. The second-order valence-electron chi connectivity index (χ2n) is 2.94. The lowest BCUT2D eigenvalue weighted by atomic mass is 10.1. The summed E-state index contributed by atoms with van der Waals surface area (Å²) in [6.45, 7) is 0. The van der Waals surface area contributed by atoms with Gasteiger partial charge in [0.15, 0.2) is 0 Å². The van der Waals surface area contributed by atoms with Crippen molar-refractivity contribution in [3.8, 4) is 0 Å². The minimum Gasteiger partial charge on any atom is -0.469 e. The Labute approximate surface area is 81.7 Å². The summed E-state index contributed by atoms with van der Waals surface area (Å²) < 4.78 is 17.0. The van der Waals surface area contributed by atoms with Gasteiger partial charge in [0.1, 0.15) is 5.82 Å². The number of hydrogen-bond donors (Lipinski definition) is 1. The Morgan fingerprint density at radius 1 is 1.50 bits per heavy atom. The Balaban J connectivity index is 2.65. The standard InChI is InChI=1S/C10H12FNO2/c1-14-10(13)6-9(12)7-2-4-8(11)5-3-7/h2-5,9H,6,12H2,1H3/t9-/m0/s1. The molecule has 0 radical (unpaired) electrons. The number of nitrogens with two attached hydrogens (primary N) is 1. The molecule has 0 fully saturated rings. The number of rotatable bonds is 3. The molecule has 0 bridgehead atoms. The highest BCUT2D eigenvalue weighted by Gasteiger charge is 2.11. The van der Waals surface area contributed by atoms with Crippen molar-refractivity contribution in [1.82, 2.24) is 0 Å². The average molecular weight is 197 g/mol. The molecule has 1 aromatic rings. The molecule has 1 rings (SSSR count). The van der Waals surface area contributed by atoms with Crippen LogP contribution in [0, 0.1) is 5.82 Å². The van der Waals surface area contributed by atoms with Crippen molar-refractivity contribution >= 4 is 5.97 Å². The number of halogens is 1. The summed E-state index contributed by atoms with van der Waals surface area (Å²) in [6, 6.07) is 5.30. The number of hydrogen-bond acceptors (Lipinski definition) is 3. The van der Waals surface area contributed by atoms with Crippen molar-refractivity contribution in [3.63, 3.8) is 0 Å². The summed E-state index contributed by atoms with van der Waals surface area (Å²) in [7, 11) is 1.31. The summed E-state index contributed by atoms with van der Waals surface area (Å²) in [6.07, 6.45) is 0.0993. The van der Waals surface area contributed by atoms with Crippen LogP contribution < -0.4 is 5.73 Å². The predicted octanol–water partition coefficient (Wildman–Crippen LogP) is 1.39. The zero-order valence-corrected chi connectivity index (χ0v) is 7.87. The van der Waals surface area contributed by atoms with Crippen LogP contribution in [0.1, 0.15) is 18.0 Å². The fourth-order valence-corrected chi connectivity index (χ4v) is 1.09. The molecule has 14 heavy (non-hydrogen) atoms. The third kappa shape index (κ3) is 2.81. The van der Waals surface area contributed by atoms with E-state index in [9.17, 15) is 9.18 Å². The van der Waals surface area contributed by atoms with Crippen LogP contribution in [0.5, 0.6) is 0 Å². The van der Waals surface area contributed by atoms with E-state index in [1.807, 2.05) is 0 Å². The molecule has 0 saturated carbocycles. The van der Waals surface area contributed by atoms with Crippen LogP contribution in [-0.4, -0.2) is 13.1 Å². The van der Waals surface area contributed by atoms with Crippen molar-refractivity contribution in [2.24, 2.45) is 5.73 Å². The van der Waals surface area contributed by atoms with E-state index in [0.29, 0.717) is 0 Å². The van der Waals surface area contributed by atoms with E-state index in [4.69, 9.17) is 5.73 Å². The highest BCUT2D eigenvalue weighted by Crippen LogP contribution is 2.14. The van der Waals surface area contributed by atoms with Crippen LogP contribution in [0.4, 0.5) is 4.39 Å². The van der Waals surface area contributed by atoms with Gasteiger partial charge in [0.2, 0.25) is 0 Å². The van der Waals surface area contributed by atoms with Crippen molar-refractivity contribution < 1.29 is 13.9 Å².